The molecule has 0 aromatic heterocycles. The number of hydrogen-bond acceptors (Lipinski definition) is 3. The number of carbonyl (C=O) groups excluding carboxylic acids is 2. The van der Waals surface area contributed by atoms with Crippen molar-refractivity contribution < 1.29 is 14.3 Å². The van der Waals surface area contributed by atoms with Gasteiger partial charge in [0.2, 0.25) is 5.91 Å². The molecule has 6 heteroatoms. The van der Waals surface area contributed by atoms with Gasteiger partial charge in [-0.3, -0.25) is 4.79 Å². The highest BCUT2D eigenvalue weighted by Gasteiger charge is 2.18. The van der Waals surface area contributed by atoms with Gasteiger partial charge < -0.3 is 20.7 Å². The molecule has 0 unspecified atom stereocenters. The van der Waals surface area contributed by atoms with Crippen LogP contribution in [0.25, 0.3) is 0 Å². The molecule has 0 spiro atoms. The van der Waals surface area contributed by atoms with Gasteiger partial charge in [-0.05, 0) is 37.0 Å². The van der Waals surface area contributed by atoms with Crippen molar-refractivity contribution in [1.29, 1.82) is 0 Å². The lowest BCUT2D eigenvalue weighted by atomic mass is 10.1. The van der Waals surface area contributed by atoms with E-state index in [1.807, 2.05) is 39.0 Å². The summed E-state index contributed by atoms with van der Waals surface area (Å²) < 4.78 is 5.24. The number of rotatable bonds is 5. The summed E-state index contributed by atoms with van der Waals surface area (Å²) in [5.74, 6) is 0.281. The quantitative estimate of drug-likeness (QED) is 0.781. The molecule has 6 nitrogen and oxygen atoms in total. The highest BCUT2D eigenvalue weighted by atomic mass is 16.5. The highest BCUT2D eigenvalue weighted by Crippen LogP contribution is 2.23. The van der Waals surface area contributed by atoms with Gasteiger partial charge >= 0.3 is 6.03 Å². The zero-order valence-electron chi connectivity index (χ0n) is 13.9. The first-order chi connectivity index (χ1) is 11.0. The second-order valence-electron chi connectivity index (χ2n) is 6.28. The Hall–Kier alpha value is -2.08. The fraction of sp³-hybridized carbons (Fsp3) is 0.529. The van der Waals surface area contributed by atoms with E-state index in [4.69, 9.17) is 4.74 Å². The smallest absolute Gasteiger partial charge is 0.319 e. The van der Waals surface area contributed by atoms with Crippen molar-refractivity contribution in [3.8, 4) is 0 Å². The summed E-state index contributed by atoms with van der Waals surface area (Å²) in [5.41, 5.74) is 2.24. The van der Waals surface area contributed by atoms with Gasteiger partial charge in [0, 0.05) is 24.4 Å². The van der Waals surface area contributed by atoms with E-state index in [9.17, 15) is 9.59 Å². The number of amides is 3. The maximum absolute atomic E-state index is 12.0. The van der Waals surface area contributed by atoms with E-state index in [0.29, 0.717) is 31.2 Å². The Labute approximate surface area is 137 Å². The van der Waals surface area contributed by atoms with Crippen LogP contribution in [0.2, 0.25) is 0 Å². The number of carbonyl (C=O) groups is 2. The number of urea groups is 1. The molecule has 1 fully saturated rings. The van der Waals surface area contributed by atoms with Crippen molar-refractivity contribution in [3.63, 3.8) is 0 Å². The molecule has 1 saturated heterocycles. The summed E-state index contributed by atoms with van der Waals surface area (Å²) in [5, 5.41) is 8.61. The van der Waals surface area contributed by atoms with Crippen LogP contribution in [0.15, 0.2) is 18.2 Å². The Morgan fingerprint density at radius 3 is 2.57 bits per heavy atom. The van der Waals surface area contributed by atoms with Crippen molar-refractivity contribution in [2.45, 2.75) is 39.7 Å². The lowest BCUT2D eigenvalue weighted by molar-refractivity contribution is -0.116. The summed E-state index contributed by atoms with van der Waals surface area (Å²) >= 11 is 0. The molecular formula is C17H25N3O3. The third-order valence-electron chi connectivity index (χ3n) is 3.71. The van der Waals surface area contributed by atoms with E-state index in [2.05, 4.69) is 16.0 Å². The first-order valence-electron chi connectivity index (χ1n) is 8.00. The summed E-state index contributed by atoms with van der Waals surface area (Å²) in [6.07, 6.45) is 1.30. The Bertz CT molecular complexity index is 566. The van der Waals surface area contributed by atoms with Gasteiger partial charge in [0.05, 0.1) is 12.6 Å². The number of benzene rings is 1. The molecule has 2 rings (SSSR count). The van der Waals surface area contributed by atoms with E-state index >= 15 is 0 Å². The van der Waals surface area contributed by atoms with Crippen LogP contribution >= 0.6 is 0 Å². The molecule has 1 atom stereocenters. The number of nitrogens with one attached hydrogen (secondary N) is 3. The predicted octanol–water partition coefficient (Wildman–Crippen LogP) is 2.89. The molecule has 3 amide bonds. The summed E-state index contributed by atoms with van der Waals surface area (Å²) in [6, 6.07) is 5.27. The molecule has 1 aliphatic heterocycles. The second-order valence-corrected chi connectivity index (χ2v) is 6.28. The van der Waals surface area contributed by atoms with Gasteiger partial charge in [0.25, 0.3) is 0 Å². The van der Waals surface area contributed by atoms with E-state index < -0.39 is 0 Å². The predicted molar refractivity (Wildman–Crippen MR) is 90.6 cm³/mol. The molecule has 1 heterocycles. The largest absolute Gasteiger partial charge is 0.379 e. The van der Waals surface area contributed by atoms with Crippen molar-refractivity contribution in [1.82, 2.24) is 5.32 Å². The van der Waals surface area contributed by atoms with Crippen molar-refractivity contribution >= 4 is 23.3 Å². The van der Waals surface area contributed by atoms with Gasteiger partial charge in [0.15, 0.2) is 0 Å². The van der Waals surface area contributed by atoms with Crippen LogP contribution in [0.1, 0.15) is 32.3 Å². The normalized spacial score (nSPS) is 17.1. The topological polar surface area (TPSA) is 79.5 Å². The van der Waals surface area contributed by atoms with Gasteiger partial charge in [-0.1, -0.05) is 19.9 Å². The lowest BCUT2D eigenvalue weighted by Crippen LogP contribution is -2.38. The SMILES string of the molecule is Cc1c(NC(=O)CC(C)C)cccc1NC(=O)N[C@@H]1CCOC1. The standard InChI is InChI=1S/C17H25N3O3/c1-11(2)9-16(21)19-14-5-4-6-15(12(14)3)20-17(22)18-13-7-8-23-10-13/h4-6,11,13H,7-10H2,1-3H3,(H,19,21)(H2,18,20,22)/t13-/m1/s1. The number of hydrogen-bond donors (Lipinski definition) is 3. The zero-order chi connectivity index (χ0) is 16.8. The monoisotopic (exact) mass is 319 g/mol. The van der Waals surface area contributed by atoms with Gasteiger partial charge in [-0.25, -0.2) is 4.79 Å². The average molecular weight is 319 g/mol. The van der Waals surface area contributed by atoms with Gasteiger partial charge in [0.1, 0.15) is 0 Å². The number of ether oxygens (including phenoxy) is 1. The summed E-state index contributed by atoms with van der Waals surface area (Å²) in [4.78, 5) is 23.9. The molecule has 3 N–H and O–H groups in total. The Kier molecular flexibility index (Phi) is 5.98. The minimum absolute atomic E-state index is 0.0206. The van der Waals surface area contributed by atoms with E-state index in [-0.39, 0.29) is 18.0 Å². The van der Waals surface area contributed by atoms with Crippen molar-refractivity contribution in [2.24, 2.45) is 5.92 Å². The Morgan fingerprint density at radius 2 is 1.96 bits per heavy atom. The molecule has 0 radical (unpaired) electrons. The van der Waals surface area contributed by atoms with E-state index in [1.54, 1.807) is 0 Å². The molecule has 1 aromatic carbocycles. The summed E-state index contributed by atoms with van der Waals surface area (Å²) in [6.45, 7) is 7.11. The molecular weight excluding hydrogens is 294 g/mol. The van der Waals surface area contributed by atoms with Crippen LogP contribution in [0.3, 0.4) is 0 Å². The second kappa shape index (κ2) is 7.97. The molecule has 0 saturated carbocycles. The molecule has 126 valence electrons. The van der Waals surface area contributed by atoms with Gasteiger partial charge in [-0.2, -0.15) is 0 Å². The van der Waals surface area contributed by atoms with Crippen LogP contribution < -0.4 is 16.0 Å². The highest BCUT2D eigenvalue weighted by molar-refractivity contribution is 5.95. The molecule has 1 aromatic rings. The van der Waals surface area contributed by atoms with E-state index in [1.165, 1.54) is 0 Å². The first-order valence-corrected chi connectivity index (χ1v) is 8.00. The molecule has 0 bridgehead atoms. The maximum Gasteiger partial charge on any atom is 0.319 e. The van der Waals surface area contributed by atoms with Crippen LogP contribution in [0.5, 0.6) is 0 Å². The summed E-state index contributed by atoms with van der Waals surface area (Å²) in [7, 11) is 0. The minimum Gasteiger partial charge on any atom is -0.379 e. The zero-order valence-corrected chi connectivity index (χ0v) is 13.9. The van der Waals surface area contributed by atoms with Crippen molar-refractivity contribution in [2.75, 3.05) is 23.8 Å². The van der Waals surface area contributed by atoms with Gasteiger partial charge in [-0.15, -0.1) is 0 Å². The van der Waals surface area contributed by atoms with E-state index in [0.717, 1.165) is 17.7 Å². The first kappa shape index (κ1) is 17.3. The maximum atomic E-state index is 12.0. The average Bonchev–Trinajstić information content (AvgIpc) is 2.95. The number of anilines is 2. The lowest BCUT2D eigenvalue weighted by Gasteiger charge is -2.16. The fourth-order valence-corrected chi connectivity index (χ4v) is 2.47. The molecule has 1 aliphatic rings. The fourth-order valence-electron chi connectivity index (χ4n) is 2.47. The third kappa shape index (κ3) is 5.25. The van der Waals surface area contributed by atoms with Crippen LogP contribution in [-0.2, 0) is 9.53 Å². The Morgan fingerprint density at radius 1 is 1.26 bits per heavy atom. The van der Waals surface area contributed by atoms with Crippen molar-refractivity contribution in [3.05, 3.63) is 23.8 Å². The van der Waals surface area contributed by atoms with Crippen LogP contribution in [0.4, 0.5) is 16.2 Å². The minimum atomic E-state index is -0.255. The van der Waals surface area contributed by atoms with Crippen LogP contribution in [0, 0.1) is 12.8 Å². The third-order valence-corrected chi connectivity index (χ3v) is 3.71. The molecule has 0 aliphatic carbocycles. The Balaban J connectivity index is 1.98. The van der Waals surface area contributed by atoms with Crippen LogP contribution in [-0.4, -0.2) is 31.2 Å². The molecule has 23 heavy (non-hydrogen) atoms.